The van der Waals surface area contributed by atoms with Crippen LogP contribution in [0.4, 0.5) is 5.69 Å². The number of anilines is 1. The van der Waals surface area contributed by atoms with Crippen molar-refractivity contribution in [3.05, 3.63) is 59.5 Å². The van der Waals surface area contributed by atoms with Gasteiger partial charge in [0.25, 0.3) is 0 Å². The van der Waals surface area contributed by atoms with E-state index in [1.807, 2.05) is 44.4 Å². The Labute approximate surface area is 124 Å². The predicted molar refractivity (Wildman–Crippen MR) is 88.4 cm³/mol. The number of benzene rings is 2. The Kier molecular flexibility index (Phi) is 3.48. The van der Waals surface area contributed by atoms with E-state index in [0.717, 1.165) is 16.7 Å². The number of nitrogens with zero attached hydrogens (tertiary/aromatic N) is 2. The van der Waals surface area contributed by atoms with Gasteiger partial charge in [0.05, 0.1) is 0 Å². The molecule has 3 nitrogen and oxygen atoms in total. The Morgan fingerprint density at radius 1 is 1.00 bits per heavy atom. The van der Waals surface area contributed by atoms with E-state index in [4.69, 9.17) is 4.42 Å². The van der Waals surface area contributed by atoms with E-state index in [1.54, 1.807) is 0 Å². The lowest BCUT2D eigenvalue weighted by atomic mass is 10.2. The Hall–Kier alpha value is -2.55. The molecule has 0 amide bonds. The van der Waals surface area contributed by atoms with Crippen molar-refractivity contribution < 1.29 is 4.42 Å². The molecule has 0 bridgehead atoms. The second-order valence-corrected chi connectivity index (χ2v) is 5.34. The zero-order chi connectivity index (χ0) is 14.8. The molecule has 0 spiro atoms. The SMILES string of the molecule is Cc1ccc2oc(C=Cc3ccc(N(C)C)cc3)nc2c1. The van der Waals surface area contributed by atoms with Crippen molar-refractivity contribution in [3.63, 3.8) is 0 Å². The van der Waals surface area contributed by atoms with Crippen molar-refractivity contribution in [1.82, 2.24) is 4.98 Å². The average Bonchev–Trinajstić information content (AvgIpc) is 2.87. The van der Waals surface area contributed by atoms with Crippen LogP contribution in [0, 0.1) is 6.92 Å². The van der Waals surface area contributed by atoms with Crippen LogP contribution < -0.4 is 4.90 Å². The van der Waals surface area contributed by atoms with Gasteiger partial charge >= 0.3 is 0 Å². The predicted octanol–water partition coefficient (Wildman–Crippen LogP) is 4.37. The van der Waals surface area contributed by atoms with Gasteiger partial charge in [0.1, 0.15) is 5.52 Å². The summed E-state index contributed by atoms with van der Waals surface area (Å²) in [6.45, 7) is 2.05. The molecule has 3 heteroatoms. The molecule has 0 aliphatic heterocycles. The molecular formula is C18H18N2O. The summed E-state index contributed by atoms with van der Waals surface area (Å²) in [7, 11) is 4.07. The van der Waals surface area contributed by atoms with Gasteiger partial charge in [0.2, 0.25) is 5.89 Å². The van der Waals surface area contributed by atoms with Crippen molar-refractivity contribution in [2.75, 3.05) is 19.0 Å². The van der Waals surface area contributed by atoms with E-state index in [-0.39, 0.29) is 0 Å². The van der Waals surface area contributed by atoms with E-state index in [1.165, 1.54) is 11.3 Å². The van der Waals surface area contributed by atoms with Gasteiger partial charge in [-0.1, -0.05) is 18.2 Å². The molecule has 0 atom stereocenters. The Morgan fingerprint density at radius 3 is 2.48 bits per heavy atom. The molecule has 106 valence electrons. The second-order valence-electron chi connectivity index (χ2n) is 5.34. The van der Waals surface area contributed by atoms with E-state index in [9.17, 15) is 0 Å². The lowest BCUT2D eigenvalue weighted by Crippen LogP contribution is -2.07. The van der Waals surface area contributed by atoms with Crippen LogP contribution in [0.5, 0.6) is 0 Å². The number of aromatic nitrogens is 1. The third-order valence-electron chi connectivity index (χ3n) is 3.39. The lowest BCUT2D eigenvalue weighted by Gasteiger charge is -2.11. The standard InChI is InChI=1S/C18H18N2O/c1-13-4-10-17-16(12-13)19-18(21-17)11-7-14-5-8-15(9-6-14)20(2)3/h4-12H,1-3H3. The molecule has 0 radical (unpaired) electrons. The van der Waals surface area contributed by atoms with E-state index in [0.29, 0.717) is 5.89 Å². The third-order valence-corrected chi connectivity index (χ3v) is 3.39. The third kappa shape index (κ3) is 2.97. The zero-order valence-corrected chi connectivity index (χ0v) is 12.5. The maximum absolute atomic E-state index is 5.70. The molecule has 0 N–H and O–H groups in total. The first-order valence-electron chi connectivity index (χ1n) is 6.94. The summed E-state index contributed by atoms with van der Waals surface area (Å²) >= 11 is 0. The normalized spacial score (nSPS) is 11.4. The number of rotatable bonds is 3. The van der Waals surface area contributed by atoms with Gasteiger partial charge in [0, 0.05) is 25.9 Å². The summed E-state index contributed by atoms with van der Waals surface area (Å²) in [5.74, 6) is 0.632. The topological polar surface area (TPSA) is 29.3 Å². The van der Waals surface area contributed by atoms with E-state index in [2.05, 4.69) is 41.1 Å². The number of fused-ring (bicyclic) bond motifs is 1. The van der Waals surface area contributed by atoms with Crippen molar-refractivity contribution in [2.24, 2.45) is 0 Å². The van der Waals surface area contributed by atoms with Crippen LogP contribution >= 0.6 is 0 Å². The fourth-order valence-corrected chi connectivity index (χ4v) is 2.18. The first-order valence-corrected chi connectivity index (χ1v) is 6.94. The molecule has 0 aliphatic rings. The monoisotopic (exact) mass is 278 g/mol. The maximum atomic E-state index is 5.70. The van der Waals surface area contributed by atoms with Crippen LogP contribution in [0.2, 0.25) is 0 Å². The van der Waals surface area contributed by atoms with Crippen molar-refractivity contribution in [2.45, 2.75) is 6.92 Å². The number of oxazole rings is 1. The van der Waals surface area contributed by atoms with Gasteiger partial charge in [-0.15, -0.1) is 0 Å². The molecule has 0 saturated carbocycles. The highest BCUT2D eigenvalue weighted by molar-refractivity contribution is 5.76. The van der Waals surface area contributed by atoms with Crippen molar-refractivity contribution in [1.29, 1.82) is 0 Å². The molecule has 2 aromatic carbocycles. The van der Waals surface area contributed by atoms with Gasteiger partial charge in [0.15, 0.2) is 5.58 Å². The molecule has 3 rings (SSSR count). The van der Waals surface area contributed by atoms with E-state index < -0.39 is 0 Å². The fraction of sp³-hybridized carbons (Fsp3) is 0.167. The van der Waals surface area contributed by atoms with Crippen LogP contribution in [0.1, 0.15) is 17.0 Å². The Bertz CT molecular complexity index is 783. The minimum Gasteiger partial charge on any atom is -0.437 e. The molecule has 1 heterocycles. The second kappa shape index (κ2) is 5.44. The zero-order valence-electron chi connectivity index (χ0n) is 12.5. The Balaban J connectivity index is 1.83. The number of aryl methyl sites for hydroxylation is 1. The minimum absolute atomic E-state index is 0.632. The molecule has 0 aliphatic carbocycles. The van der Waals surface area contributed by atoms with E-state index >= 15 is 0 Å². The van der Waals surface area contributed by atoms with Crippen molar-refractivity contribution in [3.8, 4) is 0 Å². The summed E-state index contributed by atoms with van der Waals surface area (Å²) in [5.41, 5.74) is 5.22. The first-order chi connectivity index (χ1) is 10.1. The molecule has 21 heavy (non-hydrogen) atoms. The smallest absolute Gasteiger partial charge is 0.220 e. The van der Waals surface area contributed by atoms with Gasteiger partial charge in [-0.2, -0.15) is 0 Å². The summed E-state index contributed by atoms with van der Waals surface area (Å²) in [4.78, 5) is 6.55. The van der Waals surface area contributed by atoms with Crippen LogP contribution in [0.3, 0.4) is 0 Å². The fourth-order valence-electron chi connectivity index (χ4n) is 2.18. The molecular weight excluding hydrogens is 260 g/mol. The van der Waals surface area contributed by atoms with Crippen LogP contribution in [-0.2, 0) is 0 Å². The number of hydrogen-bond donors (Lipinski definition) is 0. The Morgan fingerprint density at radius 2 is 1.76 bits per heavy atom. The molecule has 0 saturated heterocycles. The summed E-state index contributed by atoms with van der Waals surface area (Å²) < 4.78 is 5.70. The average molecular weight is 278 g/mol. The molecule has 0 unspecified atom stereocenters. The van der Waals surface area contributed by atoms with Gasteiger partial charge in [-0.3, -0.25) is 0 Å². The first kappa shape index (κ1) is 13.4. The van der Waals surface area contributed by atoms with Gasteiger partial charge < -0.3 is 9.32 Å². The summed E-state index contributed by atoms with van der Waals surface area (Å²) in [5, 5.41) is 0. The van der Waals surface area contributed by atoms with Crippen molar-refractivity contribution >= 4 is 28.9 Å². The van der Waals surface area contributed by atoms with Crippen LogP contribution in [-0.4, -0.2) is 19.1 Å². The quantitative estimate of drug-likeness (QED) is 0.712. The highest BCUT2D eigenvalue weighted by Crippen LogP contribution is 2.19. The molecule has 1 aromatic heterocycles. The van der Waals surface area contributed by atoms with Gasteiger partial charge in [-0.05, 0) is 48.4 Å². The summed E-state index contributed by atoms with van der Waals surface area (Å²) in [6, 6.07) is 14.4. The van der Waals surface area contributed by atoms with Crippen LogP contribution in [0.15, 0.2) is 46.9 Å². The highest BCUT2D eigenvalue weighted by atomic mass is 16.3. The molecule has 3 aromatic rings. The van der Waals surface area contributed by atoms with Crippen LogP contribution in [0.25, 0.3) is 23.3 Å². The maximum Gasteiger partial charge on any atom is 0.220 e. The summed E-state index contributed by atoms with van der Waals surface area (Å²) in [6.07, 6.45) is 3.91. The molecule has 0 fully saturated rings. The lowest BCUT2D eigenvalue weighted by molar-refractivity contribution is 0.589. The van der Waals surface area contributed by atoms with Gasteiger partial charge in [-0.25, -0.2) is 4.98 Å². The largest absolute Gasteiger partial charge is 0.437 e. The minimum atomic E-state index is 0.632. The number of hydrogen-bond acceptors (Lipinski definition) is 3. The highest BCUT2D eigenvalue weighted by Gasteiger charge is 2.02.